The van der Waals surface area contributed by atoms with Gasteiger partial charge < -0.3 is 14.2 Å². The molecule has 0 bridgehead atoms. The summed E-state index contributed by atoms with van der Waals surface area (Å²) in [7, 11) is 0. The van der Waals surface area contributed by atoms with Crippen molar-refractivity contribution in [1.82, 2.24) is 0 Å². The van der Waals surface area contributed by atoms with E-state index in [2.05, 4.69) is 67.7 Å². The third-order valence-electron chi connectivity index (χ3n) is 6.59. The number of allylic oxidation sites excluding steroid dienone is 12. The van der Waals surface area contributed by atoms with Gasteiger partial charge in [-0.25, -0.2) is 13.6 Å². The van der Waals surface area contributed by atoms with Crippen LogP contribution in [0.4, 0.5) is 8.78 Å². The molecule has 1 atom stereocenters. The van der Waals surface area contributed by atoms with Crippen molar-refractivity contribution < 1.29 is 37.4 Å². The molecule has 0 saturated carbocycles. The van der Waals surface area contributed by atoms with Crippen molar-refractivity contribution in [2.45, 2.75) is 78.2 Å². The van der Waals surface area contributed by atoms with Crippen molar-refractivity contribution in [2.75, 3.05) is 6.61 Å². The van der Waals surface area contributed by atoms with E-state index in [1.54, 1.807) is 6.92 Å². The van der Waals surface area contributed by atoms with Gasteiger partial charge in [0.25, 0.3) is 0 Å². The van der Waals surface area contributed by atoms with E-state index in [1.807, 2.05) is 12.2 Å². The molecule has 0 aliphatic rings. The van der Waals surface area contributed by atoms with E-state index in [0.29, 0.717) is 6.42 Å². The highest BCUT2D eigenvalue weighted by Gasteiger charge is 2.20. The summed E-state index contributed by atoms with van der Waals surface area (Å²) in [5.41, 5.74) is 0.167. The Balaban J connectivity index is 1.69. The topological polar surface area (TPSA) is 78.9 Å². The van der Waals surface area contributed by atoms with Gasteiger partial charge in [-0.15, -0.1) is 0 Å². The van der Waals surface area contributed by atoms with Gasteiger partial charge in [0, 0.05) is 25.0 Å². The summed E-state index contributed by atoms with van der Waals surface area (Å²) in [5, 5.41) is 0. The van der Waals surface area contributed by atoms with E-state index in [0.717, 1.165) is 50.7 Å². The zero-order valence-corrected chi connectivity index (χ0v) is 28.0. The molecule has 1 unspecified atom stereocenters. The highest BCUT2D eigenvalue weighted by Crippen LogP contribution is 2.30. The molecule has 0 heterocycles. The van der Waals surface area contributed by atoms with Gasteiger partial charge in [0.05, 0.1) is 0 Å². The molecule has 48 heavy (non-hydrogen) atoms. The number of halogens is 2. The maximum atomic E-state index is 14.3. The van der Waals surface area contributed by atoms with Crippen molar-refractivity contribution in [2.24, 2.45) is 0 Å². The monoisotopic (exact) mass is 660 g/mol. The van der Waals surface area contributed by atoms with Crippen LogP contribution >= 0.6 is 0 Å². The first-order valence-corrected chi connectivity index (χ1v) is 16.3. The Labute approximate surface area is 283 Å². The Morgan fingerprint density at radius 3 is 1.85 bits per heavy atom. The van der Waals surface area contributed by atoms with Crippen LogP contribution in [0.1, 0.15) is 82.5 Å². The summed E-state index contributed by atoms with van der Waals surface area (Å²) in [6.45, 7) is 4.63. The molecule has 0 fully saturated rings. The predicted octanol–water partition coefficient (Wildman–Crippen LogP) is 10.1. The smallest absolute Gasteiger partial charge is 0.342 e. The van der Waals surface area contributed by atoms with E-state index in [9.17, 15) is 23.2 Å². The lowest BCUT2D eigenvalue weighted by molar-refractivity contribution is -0.150. The lowest BCUT2D eigenvalue weighted by atomic mass is 10.0. The van der Waals surface area contributed by atoms with Crippen LogP contribution in [0.5, 0.6) is 5.75 Å². The fourth-order valence-corrected chi connectivity index (χ4v) is 4.25. The molecule has 0 aliphatic carbocycles. The highest BCUT2D eigenvalue weighted by atomic mass is 19.1. The lowest BCUT2D eigenvalue weighted by Crippen LogP contribution is -2.22. The van der Waals surface area contributed by atoms with Crippen LogP contribution in [0.3, 0.4) is 0 Å². The summed E-state index contributed by atoms with van der Waals surface area (Å²) in [5.74, 6) is -3.62. The van der Waals surface area contributed by atoms with Crippen molar-refractivity contribution in [3.8, 4) is 16.9 Å². The van der Waals surface area contributed by atoms with Gasteiger partial charge in [0.1, 0.15) is 35.7 Å². The second kappa shape index (κ2) is 23.5. The summed E-state index contributed by atoms with van der Waals surface area (Å²) < 4.78 is 43.5. The van der Waals surface area contributed by atoms with E-state index < -0.39 is 35.6 Å². The maximum absolute atomic E-state index is 14.3. The number of ether oxygens (including phenoxy) is 3. The van der Waals surface area contributed by atoms with Crippen LogP contribution in [0, 0.1) is 11.6 Å². The van der Waals surface area contributed by atoms with E-state index in [-0.39, 0.29) is 35.5 Å². The van der Waals surface area contributed by atoms with Crippen LogP contribution in [0.25, 0.3) is 11.1 Å². The number of rotatable bonds is 20. The van der Waals surface area contributed by atoms with E-state index >= 15 is 0 Å². The fourth-order valence-electron chi connectivity index (χ4n) is 4.25. The van der Waals surface area contributed by atoms with Crippen LogP contribution in [-0.2, 0) is 19.1 Å². The fraction of sp³-hybridized carbons (Fsp3) is 0.325. The van der Waals surface area contributed by atoms with Crippen LogP contribution in [0.2, 0.25) is 0 Å². The Bertz CT molecular complexity index is 1500. The number of carbonyl (C=O) groups excluding carboxylic acids is 3. The number of benzene rings is 2. The Hall–Kier alpha value is -4.85. The first-order chi connectivity index (χ1) is 23.2. The van der Waals surface area contributed by atoms with Crippen molar-refractivity contribution in [1.29, 1.82) is 0 Å². The molecule has 0 radical (unpaired) electrons. The molecule has 8 heteroatoms. The normalized spacial score (nSPS) is 12.7. The summed E-state index contributed by atoms with van der Waals surface area (Å²) in [6, 6.07) is 7.12. The predicted molar refractivity (Wildman–Crippen MR) is 186 cm³/mol. The Morgan fingerprint density at radius 1 is 0.750 bits per heavy atom. The van der Waals surface area contributed by atoms with Crippen molar-refractivity contribution in [3.63, 3.8) is 0 Å². The molecule has 0 aliphatic heterocycles. The molecular weight excluding hydrogens is 614 g/mol. The molecule has 0 aromatic heterocycles. The minimum Gasteiger partial charge on any atom is -0.459 e. The molecule has 0 saturated heterocycles. The quantitative estimate of drug-likeness (QED) is 0.0799. The maximum Gasteiger partial charge on any atom is 0.342 e. The Kier molecular flexibility index (Phi) is 19.2. The zero-order chi connectivity index (χ0) is 35.0. The average molecular weight is 661 g/mol. The average Bonchev–Trinajstić information content (AvgIpc) is 3.04. The number of carbonyl (C=O) groups is 3. The largest absolute Gasteiger partial charge is 0.459 e. The minimum atomic E-state index is -0.864. The van der Waals surface area contributed by atoms with Gasteiger partial charge in [-0.3, -0.25) is 9.59 Å². The van der Waals surface area contributed by atoms with E-state index in [4.69, 9.17) is 14.2 Å². The third-order valence-corrected chi connectivity index (χ3v) is 6.59. The molecule has 2 aromatic rings. The SMILES string of the molecule is CC/C=C\C/C=C\C/C=C\C/C=C\C/C=C\C/C=C\CCC(=O)OC(C)COC(=O)c1cc(-c2ccc(F)cc2F)ccc1OC(C)=O. The molecule has 0 N–H and O–H groups in total. The summed E-state index contributed by atoms with van der Waals surface area (Å²) in [6.07, 6.45) is 30.9. The van der Waals surface area contributed by atoms with E-state index in [1.165, 1.54) is 31.2 Å². The first-order valence-electron chi connectivity index (χ1n) is 16.3. The molecule has 2 rings (SSSR count). The Morgan fingerprint density at radius 2 is 1.31 bits per heavy atom. The van der Waals surface area contributed by atoms with Crippen molar-refractivity contribution >= 4 is 17.9 Å². The third kappa shape index (κ3) is 16.6. The van der Waals surface area contributed by atoms with Crippen LogP contribution in [-0.4, -0.2) is 30.6 Å². The standard InChI is InChI=1S/C40H46F2O6/c1-4-5-6-7-8-9-10-11-12-13-14-15-16-17-18-19-20-21-22-23-39(44)47-31(2)30-46-40(45)36-28-33(24-27-38(36)48-32(3)43)35-26-25-34(41)29-37(35)42/h5-6,8-9,11-12,14-15,17-18,20-21,24-29,31H,4,7,10,13,16,19,22-23,30H2,1-3H3/b6-5-,9-8-,12-11-,15-14-,18-17-,21-20-. The van der Waals surface area contributed by atoms with Gasteiger partial charge in [0.15, 0.2) is 0 Å². The van der Waals surface area contributed by atoms with Gasteiger partial charge in [-0.2, -0.15) is 0 Å². The summed E-state index contributed by atoms with van der Waals surface area (Å²) in [4.78, 5) is 36.7. The number of hydrogen-bond donors (Lipinski definition) is 0. The minimum absolute atomic E-state index is 0.0500. The van der Waals surface area contributed by atoms with Gasteiger partial charge in [-0.1, -0.05) is 85.9 Å². The van der Waals surface area contributed by atoms with Gasteiger partial charge in [-0.05, 0) is 81.7 Å². The van der Waals surface area contributed by atoms with Gasteiger partial charge in [0.2, 0.25) is 0 Å². The van der Waals surface area contributed by atoms with Crippen LogP contribution < -0.4 is 4.74 Å². The lowest BCUT2D eigenvalue weighted by Gasteiger charge is -2.15. The highest BCUT2D eigenvalue weighted by molar-refractivity contribution is 5.95. The van der Waals surface area contributed by atoms with Gasteiger partial charge >= 0.3 is 17.9 Å². The molecule has 256 valence electrons. The zero-order valence-electron chi connectivity index (χ0n) is 28.0. The second-order valence-corrected chi connectivity index (χ2v) is 10.8. The molecule has 6 nitrogen and oxygen atoms in total. The molecule has 0 spiro atoms. The second-order valence-electron chi connectivity index (χ2n) is 10.8. The van der Waals surface area contributed by atoms with Crippen molar-refractivity contribution in [3.05, 3.63) is 127 Å². The molecule has 2 aromatic carbocycles. The summed E-state index contributed by atoms with van der Waals surface area (Å²) >= 11 is 0. The number of hydrogen-bond acceptors (Lipinski definition) is 6. The first kappa shape index (κ1) is 39.3. The molecular formula is C40H46F2O6. The number of esters is 3. The molecule has 0 amide bonds. The van der Waals surface area contributed by atoms with Crippen LogP contribution in [0.15, 0.2) is 109 Å².